The largest absolute Gasteiger partial charge is 0.486 e. The molecule has 1 aromatic heterocycles. The third kappa shape index (κ3) is 2.76. The fourth-order valence-corrected chi connectivity index (χ4v) is 1.60. The van der Waals surface area contributed by atoms with Crippen molar-refractivity contribution >= 4 is 11.6 Å². The molecular formula is C13H8ClFN2O. The zero-order valence-corrected chi connectivity index (χ0v) is 9.99. The summed E-state index contributed by atoms with van der Waals surface area (Å²) in [6.45, 7) is 0.0616. The first-order chi connectivity index (χ1) is 8.70. The van der Waals surface area contributed by atoms with E-state index in [1.165, 1.54) is 24.4 Å². The van der Waals surface area contributed by atoms with Crippen molar-refractivity contribution in [3.63, 3.8) is 0 Å². The molecule has 0 atom stereocenters. The third-order valence-electron chi connectivity index (χ3n) is 2.30. The molecular weight excluding hydrogens is 255 g/mol. The Hall–Kier alpha value is -2.12. The Morgan fingerprint density at radius 3 is 2.94 bits per heavy atom. The summed E-state index contributed by atoms with van der Waals surface area (Å²) in [7, 11) is 0. The maximum absolute atomic E-state index is 13.1. The van der Waals surface area contributed by atoms with Gasteiger partial charge in [0.15, 0.2) is 10.9 Å². The van der Waals surface area contributed by atoms with Crippen molar-refractivity contribution in [1.82, 2.24) is 4.98 Å². The first-order valence-electron chi connectivity index (χ1n) is 5.12. The van der Waals surface area contributed by atoms with Gasteiger partial charge in [0.25, 0.3) is 0 Å². The highest BCUT2D eigenvalue weighted by Gasteiger charge is 2.06. The molecule has 5 heteroatoms. The Morgan fingerprint density at radius 2 is 2.22 bits per heavy atom. The summed E-state index contributed by atoms with van der Waals surface area (Å²) in [4.78, 5) is 3.85. The zero-order chi connectivity index (χ0) is 13.0. The molecule has 0 aliphatic rings. The number of pyridine rings is 1. The molecule has 0 aliphatic heterocycles. The minimum Gasteiger partial charge on any atom is -0.486 e. The first kappa shape index (κ1) is 12.3. The summed E-state index contributed by atoms with van der Waals surface area (Å²) >= 11 is 5.82. The number of benzene rings is 1. The highest BCUT2D eigenvalue weighted by atomic mass is 35.5. The Kier molecular flexibility index (Phi) is 3.75. The van der Waals surface area contributed by atoms with Crippen LogP contribution in [-0.4, -0.2) is 4.98 Å². The van der Waals surface area contributed by atoms with E-state index < -0.39 is 5.82 Å². The van der Waals surface area contributed by atoms with Crippen molar-refractivity contribution < 1.29 is 9.13 Å². The van der Waals surface area contributed by atoms with E-state index in [-0.39, 0.29) is 11.8 Å². The minimum atomic E-state index is -0.412. The van der Waals surface area contributed by atoms with E-state index in [2.05, 4.69) is 4.98 Å². The summed E-state index contributed by atoms with van der Waals surface area (Å²) in [6, 6.07) is 9.23. The van der Waals surface area contributed by atoms with Crippen LogP contribution in [0.2, 0.25) is 5.15 Å². The lowest BCUT2D eigenvalue weighted by molar-refractivity contribution is 0.304. The van der Waals surface area contributed by atoms with Crippen molar-refractivity contribution in [3.05, 3.63) is 58.6 Å². The van der Waals surface area contributed by atoms with Gasteiger partial charge in [0.1, 0.15) is 12.4 Å². The SMILES string of the molecule is N#Cc1ccc(F)cc1COc1cccnc1Cl. The van der Waals surface area contributed by atoms with Crippen molar-refractivity contribution in [2.24, 2.45) is 0 Å². The zero-order valence-electron chi connectivity index (χ0n) is 9.23. The summed E-state index contributed by atoms with van der Waals surface area (Å²) in [6.07, 6.45) is 1.54. The highest BCUT2D eigenvalue weighted by molar-refractivity contribution is 6.30. The third-order valence-corrected chi connectivity index (χ3v) is 2.58. The highest BCUT2D eigenvalue weighted by Crippen LogP contribution is 2.22. The van der Waals surface area contributed by atoms with Crippen LogP contribution in [0.4, 0.5) is 4.39 Å². The standard InChI is InChI=1S/C13H8ClFN2O/c14-13-12(2-1-5-17-13)18-8-10-6-11(15)4-3-9(10)7-16/h1-6H,8H2. The number of nitriles is 1. The number of hydrogen-bond donors (Lipinski definition) is 0. The molecule has 0 amide bonds. The number of ether oxygens (including phenoxy) is 1. The van der Waals surface area contributed by atoms with Crippen molar-refractivity contribution in [2.75, 3.05) is 0 Å². The molecule has 1 heterocycles. The van der Waals surface area contributed by atoms with Gasteiger partial charge in [-0.15, -0.1) is 0 Å². The van der Waals surface area contributed by atoms with E-state index in [4.69, 9.17) is 21.6 Å². The Balaban J connectivity index is 2.18. The predicted octanol–water partition coefficient (Wildman–Crippen LogP) is 3.32. The van der Waals surface area contributed by atoms with Gasteiger partial charge in [0, 0.05) is 11.8 Å². The normalized spacial score (nSPS) is 9.83. The van der Waals surface area contributed by atoms with E-state index in [1.54, 1.807) is 12.1 Å². The maximum Gasteiger partial charge on any atom is 0.171 e. The molecule has 0 spiro atoms. The van der Waals surface area contributed by atoms with Gasteiger partial charge >= 0.3 is 0 Å². The molecule has 18 heavy (non-hydrogen) atoms. The van der Waals surface area contributed by atoms with Gasteiger partial charge in [0.05, 0.1) is 11.6 Å². The number of halogens is 2. The van der Waals surface area contributed by atoms with E-state index in [0.717, 1.165) is 0 Å². The van der Waals surface area contributed by atoms with Gasteiger partial charge in [-0.05, 0) is 30.3 Å². The van der Waals surface area contributed by atoms with Gasteiger partial charge in [-0.2, -0.15) is 5.26 Å². The number of hydrogen-bond acceptors (Lipinski definition) is 3. The number of aromatic nitrogens is 1. The number of rotatable bonds is 3. The lowest BCUT2D eigenvalue weighted by Gasteiger charge is -2.08. The van der Waals surface area contributed by atoms with E-state index in [1.807, 2.05) is 6.07 Å². The van der Waals surface area contributed by atoms with E-state index >= 15 is 0 Å². The van der Waals surface area contributed by atoms with Crippen LogP contribution in [0, 0.1) is 17.1 Å². The molecule has 3 nitrogen and oxygen atoms in total. The first-order valence-corrected chi connectivity index (χ1v) is 5.50. The molecule has 0 aliphatic carbocycles. The maximum atomic E-state index is 13.1. The second-order valence-electron chi connectivity index (χ2n) is 3.49. The van der Waals surface area contributed by atoms with Gasteiger partial charge in [-0.1, -0.05) is 11.6 Å². The fraction of sp³-hybridized carbons (Fsp3) is 0.0769. The summed E-state index contributed by atoms with van der Waals surface area (Å²) in [5.41, 5.74) is 0.842. The lowest BCUT2D eigenvalue weighted by Crippen LogP contribution is -2.00. The molecule has 0 saturated carbocycles. The van der Waals surface area contributed by atoms with Crippen molar-refractivity contribution in [2.45, 2.75) is 6.61 Å². The Bertz CT molecular complexity index is 610. The second kappa shape index (κ2) is 5.48. The van der Waals surface area contributed by atoms with Crippen LogP contribution < -0.4 is 4.74 Å². The second-order valence-corrected chi connectivity index (χ2v) is 3.85. The molecule has 0 unspecified atom stereocenters. The molecule has 0 saturated heterocycles. The van der Waals surface area contributed by atoms with Gasteiger partial charge < -0.3 is 4.74 Å². The van der Waals surface area contributed by atoms with Crippen LogP contribution in [0.1, 0.15) is 11.1 Å². The van der Waals surface area contributed by atoms with E-state index in [0.29, 0.717) is 16.9 Å². The summed E-state index contributed by atoms with van der Waals surface area (Å²) < 4.78 is 18.5. The smallest absolute Gasteiger partial charge is 0.171 e. The Labute approximate surface area is 108 Å². The number of nitrogens with zero attached hydrogens (tertiary/aromatic N) is 2. The summed E-state index contributed by atoms with van der Waals surface area (Å²) in [5.74, 6) is -0.0165. The van der Waals surface area contributed by atoms with Gasteiger partial charge in [-0.25, -0.2) is 9.37 Å². The minimum absolute atomic E-state index is 0.0616. The average Bonchev–Trinajstić information content (AvgIpc) is 2.38. The Morgan fingerprint density at radius 1 is 1.39 bits per heavy atom. The fourth-order valence-electron chi connectivity index (χ4n) is 1.43. The van der Waals surface area contributed by atoms with Gasteiger partial charge in [-0.3, -0.25) is 0 Å². The summed E-state index contributed by atoms with van der Waals surface area (Å²) in [5, 5.41) is 9.12. The molecule has 0 bridgehead atoms. The molecule has 0 radical (unpaired) electrons. The monoisotopic (exact) mass is 262 g/mol. The molecule has 0 N–H and O–H groups in total. The van der Waals surface area contributed by atoms with Crippen molar-refractivity contribution in [3.8, 4) is 11.8 Å². The molecule has 1 aromatic carbocycles. The average molecular weight is 263 g/mol. The lowest BCUT2D eigenvalue weighted by atomic mass is 10.1. The van der Waals surface area contributed by atoms with Crippen LogP contribution in [-0.2, 0) is 6.61 Å². The molecule has 2 rings (SSSR count). The molecule has 90 valence electrons. The van der Waals surface area contributed by atoms with Crippen LogP contribution in [0.5, 0.6) is 5.75 Å². The van der Waals surface area contributed by atoms with Crippen LogP contribution in [0.15, 0.2) is 36.5 Å². The van der Waals surface area contributed by atoms with Crippen LogP contribution >= 0.6 is 11.6 Å². The van der Waals surface area contributed by atoms with E-state index in [9.17, 15) is 4.39 Å². The quantitative estimate of drug-likeness (QED) is 0.797. The topological polar surface area (TPSA) is 45.9 Å². The van der Waals surface area contributed by atoms with Crippen LogP contribution in [0.25, 0.3) is 0 Å². The predicted molar refractivity (Wildman–Crippen MR) is 64.7 cm³/mol. The molecule has 2 aromatic rings. The van der Waals surface area contributed by atoms with Gasteiger partial charge in [0.2, 0.25) is 0 Å². The van der Waals surface area contributed by atoms with Crippen LogP contribution in [0.3, 0.4) is 0 Å². The molecule has 0 fully saturated rings. The van der Waals surface area contributed by atoms with Crippen molar-refractivity contribution in [1.29, 1.82) is 5.26 Å².